The first-order valence-corrected chi connectivity index (χ1v) is 7.00. The zero-order valence-electron chi connectivity index (χ0n) is 11.0. The molecule has 0 fully saturated rings. The van der Waals surface area contributed by atoms with Gasteiger partial charge in [-0.1, -0.05) is 13.0 Å². The summed E-state index contributed by atoms with van der Waals surface area (Å²) in [6.07, 6.45) is 0.796. The third-order valence-electron chi connectivity index (χ3n) is 2.51. The van der Waals surface area contributed by atoms with Crippen LogP contribution in [-0.4, -0.2) is 16.0 Å². The van der Waals surface area contributed by atoms with Crippen LogP contribution in [0.1, 0.15) is 25.2 Å². The first-order valence-electron chi connectivity index (χ1n) is 6.23. The van der Waals surface area contributed by atoms with Gasteiger partial charge in [-0.15, -0.1) is 0 Å². The second-order valence-electron chi connectivity index (χ2n) is 3.85. The number of hydrogen-bond acceptors (Lipinski definition) is 6. The predicted molar refractivity (Wildman–Crippen MR) is 74.9 cm³/mol. The molecule has 1 aromatic carbocycles. The molecule has 1 aromatic heterocycles. The van der Waals surface area contributed by atoms with E-state index in [0.29, 0.717) is 29.8 Å². The van der Waals surface area contributed by atoms with Gasteiger partial charge in [0.05, 0.1) is 6.61 Å². The number of aromatic nitrogens is 2. The first-order chi connectivity index (χ1) is 9.26. The van der Waals surface area contributed by atoms with Gasteiger partial charge in [0.25, 0.3) is 5.19 Å². The van der Waals surface area contributed by atoms with Crippen LogP contribution in [0.15, 0.2) is 18.2 Å². The van der Waals surface area contributed by atoms with Crippen LogP contribution in [0.4, 0.5) is 0 Å². The summed E-state index contributed by atoms with van der Waals surface area (Å²) in [5, 5.41) is 0.526. The molecule has 0 radical (unpaired) electrons. The molecule has 0 saturated carbocycles. The van der Waals surface area contributed by atoms with Crippen molar-refractivity contribution in [3.63, 3.8) is 0 Å². The highest BCUT2D eigenvalue weighted by Crippen LogP contribution is 2.33. The number of nitrogens with zero attached hydrogens (tertiary/aromatic N) is 2. The van der Waals surface area contributed by atoms with Crippen LogP contribution >= 0.6 is 11.5 Å². The molecule has 2 aromatic rings. The highest BCUT2D eigenvalue weighted by Gasteiger charge is 2.10. The standard InChI is InChI=1S/C13H17N3O2S/c1-3-12-15-13(19-16-12)18-10-6-5-9(8-14)7-11(10)17-4-2/h5-7H,3-4,8,14H2,1-2H3. The minimum Gasteiger partial charge on any atom is -0.490 e. The molecular weight excluding hydrogens is 262 g/mol. The Labute approximate surface area is 116 Å². The van der Waals surface area contributed by atoms with Gasteiger partial charge < -0.3 is 15.2 Å². The molecule has 0 atom stereocenters. The Balaban J connectivity index is 2.22. The molecule has 0 aliphatic rings. The van der Waals surface area contributed by atoms with Gasteiger partial charge >= 0.3 is 0 Å². The summed E-state index contributed by atoms with van der Waals surface area (Å²) >= 11 is 1.24. The highest BCUT2D eigenvalue weighted by molar-refractivity contribution is 7.07. The van der Waals surface area contributed by atoms with Crippen molar-refractivity contribution in [3.05, 3.63) is 29.6 Å². The van der Waals surface area contributed by atoms with Crippen LogP contribution in [0, 0.1) is 0 Å². The Hall–Kier alpha value is -1.66. The summed E-state index contributed by atoms with van der Waals surface area (Å²) in [5.41, 5.74) is 6.62. The molecule has 6 heteroatoms. The van der Waals surface area contributed by atoms with Crippen molar-refractivity contribution >= 4 is 11.5 Å². The molecule has 0 saturated heterocycles. The van der Waals surface area contributed by atoms with Crippen molar-refractivity contribution in [1.29, 1.82) is 0 Å². The minimum absolute atomic E-state index is 0.471. The van der Waals surface area contributed by atoms with E-state index in [9.17, 15) is 0 Å². The van der Waals surface area contributed by atoms with E-state index in [4.69, 9.17) is 15.2 Å². The van der Waals surface area contributed by atoms with Crippen LogP contribution in [0.2, 0.25) is 0 Å². The van der Waals surface area contributed by atoms with E-state index < -0.39 is 0 Å². The number of aryl methyl sites for hydroxylation is 1. The fourth-order valence-electron chi connectivity index (χ4n) is 1.55. The molecule has 0 spiro atoms. The van der Waals surface area contributed by atoms with E-state index in [2.05, 4.69) is 9.36 Å². The van der Waals surface area contributed by atoms with E-state index in [1.807, 2.05) is 32.0 Å². The van der Waals surface area contributed by atoms with Gasteiger partial charge in [0.1, 0.15) is 5.82 Å². The van der Waals surface area contributed by atoms with Crippen LogP contribution in [0.5, 0.6) is 16.7 Å². The zero-order valence-corrected chi connectivity index (χ0v) is 11.9. The molecular formula is C13H17N3O2S. The van der Waals surface area contributed by atoms with Crippen LogP contribution in [0.25, 0.3) is 0 Å². The van der Waals surface area contributed by atoms with Gasteiger partial charge in [0.2, 0.25) is 0 Å². The fourth-order valence-corrected chi connectivity index (χ4v) is 2.18. The SMILES string of the molecule is CCOc1cc(CN)ccc1Oc1nc(CC)ns1. The van der Waals surface area contributed by atoms with Gasteiger partial charge in [-0.3, -0.25) is 0 Å². The lowest BCUT2D eigenvalue weighted by Crippen LogP contribution is -2.00. The second kappa shape index (κ2) is 6.49. The van der Waals surface area contributed by atoms with Crippen LogP contribution in [-0.2, 0) is 13.0 Å². The van der Waals surface area contributed by atoms with Crippen molar-refractivity contribution in [2.75, 3.05) is 6.61 Å². The summed E-state index contributed by atoms with van der Waals surface area (Å²) in [7, 11) is 0. The number of rotatable bonds is 6. The minimum atomic E-state index is 0.471. The quantitative estimate of drug-likeness (QED) is 0.880. The lowest BCUT2D eigenvalue weighted by Gasteiger charge is -2.10. The Morgan fingerprint density at radius 2 is 2.11 bits per heavy atom. The Bertz CT molecular complexity index is 542. The van der Waals surface area contributed by atoms with Crippen molar-refractivity contribution in [1.82, 2.24) is 9.36 Å². The maximum absolute atomic E-state index is 5.72. The number of nitrogens with two attached hydrogens (primary N) is 1. The molecule has 0 unspecified atom stereocenters. The van der Waals surface area contributed by atoms with Crippen LogP contribution in [0.3, 0.4) is 0 Å². The largest absolute Gasteiger partial charge is 0.490 e. The number of benzene rings is 1. The molecule has 19 heavy (non-hydrogen) atoms. The molecule has 0 aliphatic heterocycles. The van der Waals surface area contributed by atoms with E-state index in [1.165, 1.54) is 11.5 Å². The molecule has 2 N–H and O–H groups in total. The Morgan fingerprint density at radius 1 is 1.26 bits per heavy atom. The van der Waals surface area contributed by atoms with Crippen molar-refractivity contribution in [2.24, 2.45) is 5.73 Å². The first kappa shape index (κ1) is 13.8. The van der Waals surface area contributed by atoms with Gasteiger partial charge in [0, 0.05) is 24.5 Å². The lowest BCUT2D eigenvalue weighted by molar-refractivity contribution is 0.320. The molecule has 0 aliphatic carbocycles. The smallest absolute Gasteiger partial charge is 0.298 e. The normalized spacial score (nSPS) is 10.5. The average molecular weight is 279 g/mol. The molecule has 5 nitrogen and oxygen atoms in total. The maximum atomic E-state index is 5.72. The van der Waals surface area contributed by atoms with Gasteiger partial charge in [0.15, 0.2) is 11.5 Å². The van der Waals surface area contributed by atoms with Gasteiger partial charge in [-0.25, -0.2) is 0 Å². The summed E-state index contributed by atoms with van der Waals surface area (Å²) in [6.45, 7) is 4.98. The van der Waals surface area contributed by atoms with Gasteiger partial charge in [-0.05, 0) is 24.6 Å². The molecule has 1 heterocycles. The third kappa shape index (κ3) is 3.42. The monoisotopic (exact) mass is 279 g/mol. The van der Waals surface area contributed by atoms with E-state index >= 15 is 0 Å². The highest BCUT2D eigenvalue weighted by atomic mass is 32.1. The summed E-state index contributed by atoms with van der Waals surface area (Å²) < 4.78 is 15.5. The van der Waals surface area contributed by atoms with Crippen LogP contribution < -0.4 is 15.2 Å². The van der Waals surface area contributed by atoms with E-state index in [1.54, 1.807) is 0 Å². The molecule has 102 valence electrons. The second-order valence-corrected chi connectivity index (χ2v) is 4.56. The molecule has 2 rings (SSSR count). The fraction of sp³-hybridized carbons (Fsp3) is 0.385. The third-order valence-corrected chi connectivity index (χ3v) is 3.14. The Kier molecular flexibility index (Phi) is 4.70. The zero-order chi connectivity index (χ0) is 13.7. The summed E-state index contributed by atoms with van der Waals surface area (Å²) in [6, 6.07) is 5.65. The number of hydrogen-bond donors (Lipinski definition) is 1. The van der Waals surface area contributed by atoms with Crippen molar-refractivity contribution < 1.29 is 9.47 Å². The predicted octanol–water partition coefficient (Wildman–Crippen LogP) is 2.75. The summed E-state index contributed by atoms with van der Waals surface area (Å²) in [4.78, 5) is 4.27. The summed E-state index contributed by atoms with van der Waals surface area (Å²) in [5.74, 6) is 2.10. The van der Waals surface area contributed by atoms with Crippen molar-refractivity contribution in [3.8, 4) is 16.7 Å². The van der Waals surface area contributed by atoms with E-state index in [0.717, 1.165) is 17.8 Å². The Morgan fingerprint density at radius 3 is 2.74 bits per heavy atom. The average Bonchev–Trinajstić information content (AvgIpc) is 2.89. The molecule has 0 amide bonds. The molecule has 0 bridgehead atoms. The number of ether oxygens (including phenoxy) is 2. The lowest BCUT2D eigenvalue weighted by atomic mass is 10.2. The maximum Gasteiger partial charge on any atom is 0.298 e. The van der Waals surface area contributed by atoms with E-state index in [-0.39, 0.29) is 0 Å². The topological polar surface area (TPSA) is 70.3 Å². The van der Waals surface area contributed by atoms with Crippen molar-refractivity contribution in [2.45, 2.75) is 26.8 Å². The van der Waals surface area contributed by atoms with Gasteiger partial charge in [-0.2, -0.15) is 9.36 Å².